The second-order valence-corrected chi connectivity index (χ2v) is 7.27. The molecule has 1 aromatic rings. The van der Waals surface area contributed by atoms with Crippen LogP contribution < -0.4 is 5.32 Å². The number of carbonyl (C=O) groups is 1. The minimum absolute atomic E-state index is 0.306. The average molecular weight is 340 g/mol. The summed E-state index contributed by atoms with van der Waals surface area (Å²) in [4.78, 5) is 13.3. The molecule has 0 unspecified atom stereocenters. The number of alkyl halides is 2. The lowest BCUT2D eigenvalue weighted by atomic mass is 10.1. The molecule has 2 rings (SSSR count). The van der Waals surface area contributed by atoms with E-state index in [9.17, 15) is 13.6 Å². The van der Waals surface area contributed by atoms with Gasteiger partial charge in [-0.3, -0.25) is 4.90 Å². The van der Waals surface area contributed by atoms with Crippen molar-refractivity contribution in [2.75, 3.05) is 13.1 Å². The van der Waals surface area contributed by atoms with Crippen LogP contribution in [0, 0.1) is 0 Å². The van der Waals surface area contributed by atoms with Crippen molar-refractivity contribution in [3.05, 3.63) is 35.9 Å². The van der Waals surface area contributed by atoms with Crippen molar-refractivity contribution in [1.82, 2.24) is 10.2 Å². The summed E-state index contributed by atoms with van der Waals surface area (Å²) in [6, 6.07) is 9.37. The summed E-state index contributed by atoms with van der Waals surface area (Å²) in [7, 11) is 0. The molecule has 0 bridgehead atoms. The SMILES string of the molecule is CC(C)(C)OC(=O)N1CC(F)(F)C[C@@H]1CCNCc1ccccc1. The van der Waals surface area contributed by atoms with Gasteiger partial charge in [0.15, 0.2) is 0 Å². The lowest BCUT2D eigenvalue weighted by Gasteiger charge is -2.28. The molecule has 1 N–H and O–H groups in total. The summed E-state index contributed by atoms with van der Waals surface area (Å²) in [5.74, 6) is -2.85. The molecule has 1 fully saturated rings. The molecule has 24 heavy (non-hydrogen) atoms. The Kier molecular flexibility index (Phi) is 5.80. The van der Waals surface area contributed by atoms with Crippen molar-refractivity contribution in [3.8, 4) is 0 Å². The van der Waals surface area contributed by atoms with Gasteiger partial charge in [0.2, 0.25) is 0 Å². The van der Waals surface area contributed by atoms with E-state index in [1.165, 1.54) is 4.90 Å². The Hall–Kier alpha value is -1.69. The van der Waals surface area contributed by atoms with E-state index in [0.29, 0.717) is 19.5 Å². The Bertz CT molecular complexity index is 544. The lowest BCUT2D eigenvalue weighted by Crippen LogP contribution is -2.41. The summed E-state index contributed by atoms with van der Waals surface area (Å²) >= 11 is 0. The minimum atomic E-state index is -2.85. The Balaban J connectivity index is 1.85. The van der Waals surface area contributed by atoms with Gasteiger partial charge >= 0.3 is 6.09 Å². The molecule has 1 amide bonds. The summed E-state index contributed by atoms with van der Waals surface area (Å²) in [6.07, 6.45) is -0.492. The van der Waals surface area contributed by atoms with Gasteiger partial charge in [-0.05, 0) is 39.3 Å². The number of hydrogen-bond acceptors (Lipinski definition) is 3. The highest BCUT2D eigenvalue weighted by Gasteiger charge is 2.47. The van der Waals surface area contributed by atoms with Crippen LogP contribution in [0.25, 0.3) is 0 Å². The molecule has 1 aliphatic heterocycles. The Morgan fingerprint density at radius 3 is 2.62 bits per heavy atom. The predicted octanol–water partition coefficient (Wildman–Crippen LogP) is 3.81. The minimum Gasteiger partial charge on any atom is -0.444 e. The molecule has 1 aliphatic rings. The van der Waals surface area contributed by atoms with Gasteiger partial charge in [-0.2, -0.15) is 0 Å². The highest BCUT2D eigenvalue weighted by molar-refractivity contribution is 5.69. The normalized spacial score (nSPS) is 20.2. The molecule has 1 heterocycles. The molecule has 0 aliphatic carbocycles. The second kappa shape index (κ2) is 7.47. The van der Waals surface area contributed by atoms with Crippen LogP contribution in [0.3, 0.4) is 0 Å². The maximum atomic E-state index is 13.7. The number of nitrogens with one attached hydrogen (secondary N) is 1. The highest BCUT2D eigenvalue weighted by Crippen LogP contribution is 2.34. The van der Waals surface area contributed by atoms with Crippen LogP contribution in [0.5, 0.6) is 0 Å². The van der Waals surface area contributed by atoms with E-state index in [1.807, 2.05) is 30.3 Å². The quantitative estimate of drug-likeness (QED) is 0.829. The molecule has 134 valence electrons. The maximum absolute atomic E-state index is 13.7. The van der Waals surface area contributed by atoms with E-state index in [-0.39, 0.29) is 6.42 Å². The molecule has 0 spiro atoms. The van der Waals surface area contributed by atoms with Gasteiger partial charge in [0.1, 0.15) is 5.60 Å². The maximum Gasteiger partial charge on any atom is 0.410 e. The molecule has 0 saturated carbocycles. The summed E-state index contributed by atoms with van der Waals surface area (Å²) in [5, 5.41) is 3.24. The molecular weight excluding hydrogens is 314 g/mol. The first kappa shape index (κ1) is 18.6. The smallest absolute Gasteiger partial charge is 0.410 e. The number of benzene rings is 1. The van der Waals surface area contributed by atoms with Crippen LogP contribution in [-0.4, -0.2) is 41.6 Å². The Labute approximate surface area is 142 Å². The van der Waals surface area contributed by atoms with Crippen molar-refractivity contribution in [2.45, 2.75) is 57.7 Å². The number of carbonyl (C=O) groups excluding carboxylic acids is 1. The number of ether oxygens (including phenoxy) is 1. The number of hydrogen-bond donors (Lipinski definition) is 1. The van der Waals surface area contributed by atoms with E-state index in [2.05, 4.69) is 5.32 Å². The fraction of sp³-hybridized carbons (Fsp3) is 0.611. The van der Waals surface area contributed by atoms with E-state index in [1.54, 1.807) is 20.8 Å². The third kappa shape index (κ3) is 5.74. The zero-order valence-corrected chi connectivity index (χ0v) is 14.5. The molecule has 0 radical (unpaired) electrons. The zero-order valence-electron chi connectivity index (χ0n) is 14.5. The van der Waals surface area contributed by atoms with Gasteiger partial charge in [-0.25, -0.2) is 13.6 Å². The first-order valence-electron chi connectivity index (χ1n) is 8.28. The fourth-order valence-corrected chi connectivity index (χ4v) is 2.79. The number of likely N-dealkylation sites (tertiary alicyclic amines) is 1. The van der Waals surface area contributed by atoms with Crippen LogP contribution in [0.15, 0.2) is 30.3 Å². The van der Waals surface area contributed by atoms with Crippen molar-refractivity contribution >= 4 is 6.09 Å². The van der Waals surface area contributed by atoms with Gasteiger partial charge in [0, 0.05) is 19.0 Å². The molecule has 6 heteroatoms. The zero-order chi connectivity index (χ0) is 17.8. The molecule has 4 nitrogen and oxygen atoms in total. The second-order valence-electron chi connectivity index (χ2n) is 7.27. The van der Waals surface area contributed by atoms with Gasteiger partial charge in [0.05, 0.1) is 6.54 Å². The van der Waals surface area contributed by atoms with Crippen LogP contribution in [0.2, 0.25) is 0 Å². The van der Waals surface area contributed by atoms with E-state index < -0.39 is 30.2 Å². The largest absolute Gasteiger partial charge is 0.444 e. The van der Waals surface area contributed by atoms with E-state index in [0.717, 1.165) is 5.56 Å². The Morgan fingerprint density at radius 2 is 2.00 bits per heavy atom. The first-order valence-corrected chi connectivity index (χ1v) is 8.28. The molecule has 0 aromatic heterocycles. The number of amides is 1. The number of rotatable bonds is 5. The van der Waals surface area contributed by atoms with Crippen molar-refractivity contribution in [2.24, 2.45) is 0 Å². The van der Waals surface area contributed by atoms with Gasteiger partial charge in [-0.15, -0.1) is 0 Å². The van der Waals surface area contributed by atoms with Crippen LogP contribution in [-0.2, 0) is 11.3 Å². The van der Waals surface area contributed by atoms with E-state index in [4.69, 9.17) is 4.74 Å². The highest BCUT2D eigenvalue weighted by atomic mass is 19.3. The van der Waals surface area contributed by atoms with Crippen molar-refractivity contribution in [1.29, 1.82) is 0 Å². The fourth-order valence-electron chi connectivity index (χ4n) is 2.79. The summed E-state index contributed by atoms with van der Waals surface area (Å²) in [6.45, 7) is 5.87. The van der Waals surface area contributed by atoms with Crippen molar-refractivity contribution in [3.63, 3.8) is 0 Å². The molecular formula is C18H26F2N2O2. The first-order chi connectivity index (χ1) is 11.2. The van der Waals surface area contributed by atoms with Crippen molar-refractivity contribution < 1.29 is 18.3 Å². The predicted molar refractivity (Wildman–Crippen MR) is 89.1 cm³/mol. The van der Waals surface area contributed by atoms with Gasteiger partial charge < -0.3 is 10.1 Å². The molecule has 1 atom stereocenters. The van der Waals surface area contributed by atoms with Crippen LogP contribution in [0.4, 0.5) is 13.6 Å². The summed E-state index contributed by atoms with van der Waals surface area (Å²) < 4.78 is 32.7. The monoisotopic (exact) mass is 340 g/mol. The topological polar surface area (TPSA) is 41.6 Å². The Morgan fingerprint density at radius 1 is 1.33 bits per heavy atom. The van der Waals surface area contributed by atoms with Crippen LogP contribution in [0.1, 0.15) is 39.2 Å². The standard InChI is InChI=1S/C18H26F2N2O2/c1-17(2,3)24-16(23)22-13-18(19,20)11-15(22)9-10-21-12-14-7-5-4-6-8-14/h4-8,15,21H,9-13H2,1-3H3/t15-/m0/s1. The average Bonchev–Trinajstić information content (AvgIpc) is 2.78. The third-order valence-electron chi connectivity index (χ3n) is 3.83. The number of nitrogens with zero attached hydrogens (tertiary/aromatic N) is 1. The third-order valence-corrected chi connectivity index (χ3v) is 3.83. The summed E-state index contributed by atoms with van der Waals surface area (Å²) in [5.41, 5.74) is 0.448. The van der Waals surface area contributed by atoms with Gasteiger partial charge in [-0.1, -0.05) is 30.3 Å². The van der Waals surface area contributed by atoms with Gasteiger partial charge in [0.25, 0.3) is 5.92 Å². The molecule has 1 aromatic carbocycles. The van der Waals surface area contributed by atoms with E-state index >= 15 is 0 Å². The lowest BCUT2D eigenvalue weighted by molar-refractivity contribution is -0.00246. The van der Waals surface area contributed by atoms with Crippen LogP contribution >= 0.6 is 0 Å². The number of halogens is 2. The molecule has 1 saturated heterocycles.